The van der Waals surface area contributed by atoms with E-state index in [1.165, 1.54) is 0 Å². The summed E-state index contributed by atoms with van der Waals surface area (Å²) in [6.45, 7) is 2.09. The number of aromatic nitrogens is 2. The van der Waals surface area contributed by atoms with Gasteiger partial charge in [-0.25, -0.2) is 0 Å². The summed E-state index contributed by atoms with van der Waals surface area (Å²) < 4.78 is 6.32. The molecule has 0 aliphatic carbocycles. The van der Waals surface area contributed by atoms with E-state index >= 15 is 0 Å². The molecule has 0 aliphatic rings. The second kappa shape index (κ2) is 6.11. The van der Waals surface area contributed by atoms with Crippen LogP contribution in [-0.2, 0) is 12.8 Å². The molecule has 0 spiro atoms. The molecule has 0 saturated heterocycles. The van der Waals surface area contributed by atoms with E-state index in [1.54, 1.807) is 0 Å². The normalized spacial score (nSPS) is 12.6. The van der Waals surface area contributed by atoms with Crippen LogP contribution in [0.5, 0.6) is 0 Å². The average Bonchev–Trinajstić information content (AvgIpc) is 2.79. The molecular formula is C13H16BrN3O. The minimum atomic E-state index is 0.346. The van der Waals surface area contributed by atoms with Gasteiger partial charge >= 0.3 is 0 Å². The molecule has 2 aromatic rings. The first-order valence-electron chi connectivity index (χ1n) is 5.91. The van der Waals surface area contributed by atoms with Gasteiger partial charge in [-0.05, 0) is 25.6 Å². The van der Waals surface area contributed by atoms with E-state index in [-0.39, 0.29) is 0 Å². The molecule has 1 N–H and O–H groups in total. The van der Waals surface area contributed by atoms with E-state index in [0.29, 0.717) is 18.4 Å². The van der Waals surface area contributed by atoms with Crippen LogP contribution in [0.25, 0.3) is 0 Å². The third kappa shape index (κ3) is 3.40. The molecule has 0 amide bonds. The first-order valence-corrected chi connectivity index (χ1v) is 6.70. The monoisotopic (exact) mass is 309 g/mol. The summed E-state index contributed by atoms with van der Waals surface area (Å²) in [4.78, 5) is 4.40. The number of likely N-dealkylation sites (N-methyl/N-ethyl adjacent to an activating group) is 1. The lowest BCUT2D eigenvalue weighted by molar-refractivity contribution is 0.377. The largest absolute Gasteiger partial charge is 0.339 e. The highest BCUT2D eigenvalue weighted by Gasteiger charge is 2.10. The van der Waals surface area contributed by atoms with Crippen LogP contribution in [0.1, 0.15) is 24.2 Å². The van der Waals surface area contributed by atoms with Crippen molar-refractivity contribution in [1.29, 1.82) is 0 Å². The van der Waals surface area contributed by atoms with E-state index in [0.717, 1.165) is 22.3 Å². The molecular weight excluding hydrogens is 294 g/mol. The van der Waals surface area contributed by atoms with Crippen LogP contribution in [0.15, 0.2) is 33.3 Å². The maximum atomic E-state index is 5.26. The molecule has 1 atom stereocenters. The summed E-state index contributed by atoms with van der Waals surface area (Å²) in [7, 11) is 1.92. The van der Waals surface area contributed by atoms with Gasteiger partial charge in [-0.3, -0.25) is 0 Å². The van der Waals surface area contributed by atoms with Crippen LogP contribution in [0, 0.1) is 0 Å². The Bertz CT molecular complexity index is 512. The van der Waals surface area contributed by atoms with E-state index in [4.69, 9.17) is 4.52 Å². The van der Waals surface area contributed by atoms with Crippen molar-refractivity contribution in [1.82, 2.24) is 15.5 Å². The lowest BCUT2D eigenvalue weighted by Crippen LogP contribution is -2.24. The Morgan fingerprint density at radius 1 is 1.39 bits per heavy atom. The van der Waals surface area contributed by atoms with E-state index in [1.807, 2.05) is 31.3 Å². The Kier molecular flexibility index (Phi) is 4.49. The Balaban J connectivity index is 2.05. The van der Waals surface area contributed by atoms with Gasteiger partial charge in [0.25, 0.3) is 0 Å². The predicted octanol–water partition coefficient (Wildman–Crippen LogP) is 2.57. The summed E-state index contributed by atoms with van der Waals surface area (Å²) in [5.74, 6) is 1.40. The Hall–Kier alpha value is -1.20. The summed E-state index contributed by atoms with van der Waals surface area (Å²) in [5.41, 5.74) is 1.15. The molecule has 2 rings (SSSR count). The zero-order chi connectivity index (χ0) is 13.0. The number of halogens is 1. The van der Waals surface area contributed by atoms with Crippen molar-refractivity contribution in [2.45, 2.75) is 25.8 Å². The zero-order valence-corrected chi connectivity index (χ0v) is 12.1. The lowest BCUT2D eigenvalue weighted by Gasteiger charge is -2.04. The van der Waals surface area contributed by atoms with Crippen molar-refractivity contribution < 1.29 is 4.52 Å². The van der Waals surface area contributed by atoms with Gasteiger partial charge in [0.1, 0.15) is 0 Å². The Labute approximate surface area is 115 Å². The Morgan fingerprint density at radius 3 is 2.89 bits per heavy atom. The number of nitrogens with one attached hydrogen (secondary N) is 1. The predicted molar refractivity (Wildman–Crippen MR) is 73.5 cm³/mol. The van der Waals surface area contributed by atoms with Crippen LogP contribution < -0.4 is 5.32 Å². The lowest BCUT2D eigenvalue weighted by atomic mass is 10.1. The highest BCUT2D eigenvalue weighted by atomic mass is 79.9. The highest BCUT2D eigenvalue weighted by Crippen LogP contribution is 2.18. The molecule has 0 fully saturated rings. The SMILES string of the molecule is CNC(C)Cc1noc(Cc2ccccc2Br)n1. The van der Waals surface area contributed by atoms with Crippen LogP contribution in [0.2, 0.25) is 0 Å². The quantitative estimate of drug-likeness (QED) is 0.922. The van der Waals surface area contributed by atoms with Crippen LogP contribution in [-0.4, -0.2) is 23.2 Å². The van der Waals surface area contributed by atoms with Crippen molar-refractivity contribution in [3.8, 4) is 0 Å². The first kappa shape index (κ1) is 13.2. The van der Waals surface area contributed by atoms with Gasteiger partial charge in [-0.15, -0.1) is 0 Å². The fraction of sp³-hybridized carbons (Fsp3) is 0.385. The average molecular weight is 310 g/mol. The maximum Gasteiger partial charge on any atom is 0.231 e. The van der Waals surface area contributed by atoms with Crippen molar-refractivity contribution in [3.05, 3.63) is 46.0 Å². The van der Waals surface area contributed by atoms with E-state index < -0.39 is 0 Å². The van der Waals surface area contributed by atoms with Crippen LogP contribution >= 0.6 is 15.9 Å². The van der Waals surface area contributed by atoms with Crippen LogP contribution in [0.4, 0.5) is 0 Å². The number of hydrogen-bond acceptors (Lipinski definition) is 4. The third-order valence-electron chi connectivity index (χ3n) is 2.79. The molecule has 1 aromatic heterocycles. The standard InChI is InChI=1S/C13H16BrN3O/c1-9(15-2)7-12-16-13(18-17-12)8-10-5-3-4-6-11(10)14/h3-6,9,15H,7-8H2,1-2H3. The maximum absolute atomic E-state index is 5.26. The van der Waals surface area contributed by atoms with Crippen LogP contribution in [0.3, 0.4) is 0 Å². The summed E-state index contributed by atoms with van der Waals surface area (Å²) in [6, 6.07) is 8.39. The van der Waals surface area contributed by atoms with Gasteiger partial charge in [0.2, 0.25) is 5.89 Å². The molecule has 1 unspecified atom stereocenters. The molecule has 1 aromatic carbocycles. The van der Waals surface area contributed by atoms with Gasteiger partial charge in [0.05, 0.1) is 6.42 Å². The van der Waals surface area contributed by atoms with Gasteiger partial charge in [0.15, 0.2) is 5.82 Å². The van der Waals surface area contributed by atoms with E-state index in [9.17, 15) is 0 Å². The van der Waals surface area contributed by atoms with Gasteiger partial charge in [-0.1, -0.05) is 39.3 Å². The fourth-order valence-corrected chi connectivity index (χ4v) is 2.05. The van der Waals surface area contributed by atoms with Crippen molar-refractivity contribution >= 4 is 15.9 Å². The summed E-state index contributed by atoms with van der Waals surface area (Å²) in [5, 5.41) is 7.14. The molecule has 96 valence electrons. The molecule has 0 bridgehead atoms. The van der Waals surface area contributed by atoms with Gasteiger partial charge in [-0.2, -0.15) is 4.98 Å². The molecule has 1 heterocycles. The number of nitrogens with zero attached hydrogens (tertiary/aromatic N) is 2. The molecule has 4 nitrogen and oxygen atoms in total. The molecule has 18 heavy (non-hydrogen) atoms. The highest BCUT2D eigenvalue weighted by molar-refractivity contribution is 9.10. The second-order valence-corrected chi connectivity index (χ2v) is 5.12. The smallest absolute Gasteiger partial charge is 0.231 e. The molecule has 0 radical (unpaired) electrons. The van der Waals surface area contributed by atoms with E-state index in [2.05, 4.69) is 38.3 Å². The Morgan fingerprint density at radius 2 is 2.17 bits per heavy atom. The fourth-order valence-electron chi connectivity index (χ4n) is 1.63. The topological polar surface area (TPSA) is 51.0 Å². The van der Waals surface area contributed by atoms with Gasteiger partial charge in [0, 0.05) is 16.9 Å². The number of rotatable bonds is 5. The number of hydrogen-bond donors (Lipinski definition) is 1. The third-order valence-corrected chi connectivity index (χ3v) is 3.56. The molecule has 0 saturated carbocycles. The van der Waals surface area contributed by atoms with Crippen molar-refractivity contribution in [3.63, 3.8) is 0 Å². The van der Waals surface area contributed by atoms with Crippen molar-refractivity contribution in [2.75, 3.05) is 7.05 Å². The minimum Gasteiger partial charge on any atom is -0.339 e. The number of benzene rings is 1. The molecule has 0 aliphatic heterocycles. The van der Waals surface area contributed by atoms with Gasteiger partial charge < -0.3 is 9.84 Å². The van der Waals surface area contributed by atoms with Crippen molar-refractivity contribution in [2.24, 2.45) is 0 Å². The summed E-state index contributed by atoms with van der Waals surface area (Å²) >= 11 is 3.51. The summed E-state index contributed by atoms with van der Waals surface area (Å²) in [6.07, 6.45) is 1.43. The minimum absolute atomic E-state index is 0.346. The first-order chi connectivity index (χ1) is 8.69. The molecule has 5 heteroatoms. The second-order valence-electron chi connectivity index (χ2n) is 4.27. The zero-order valence-electron chi connectivity index (χ0n) is 10.5.